The van der Waals surface area contributed by atoms with Crippen LogP contribution in [-0.2, 0) is 13.1 Å². The van der Waals surface area contributed by atoms with E-state index < -0.39 is 0 Å². The lowest BCUT2D eigenvalue weighted by atomic mass is 10.2. The van der Waals surface area contributed by atoms with Gasteiger partial charge in [0.1, 0.15) is 17.3 Å². The molecule has 1 heterocycles. The normalized spacial score (nSPS) is 10.8. The van der Waals surface area contributed by atoms with Gasteiger partial charge in [0.2, 0.25) is 0 Å². The summed E-state index contributed by atoms with van der Waals surface area (Å²) >= 11 is 6.16. The SMILES string of the molecule is COc1ccccc1C(=O)NCc1nc2ccccc2n1CCCOc1ccccc1Cl. The Hall–Kier alpha value is -3.51. The Morgan fingerprint density at radius 1 is 1.00 bits per heavy atom. The second kappa shape index (κ2) is 10.2. The molecule has 0 radical (unpaired) electrons. The van der Waals surface area contributed by atoms with Crippen molar-refractivity contribution in [2.45, 2.75) is 19.5 Å². The third kappa shape index (κ3) is 4.86. The van der Waals surface area contributed by atoms with Crippen LogP contribution < -0.4 is 14.8 Å². The van der Waals surface area contributed by atoms with E-state index in [1.54, 1.807) is 19.2 Å². The zero-order chi connectivity index (χ0) is 22.3. The van der Waals surface area contributed by atoms with Crippen LogP contribution in [0, 0.1) is 0 Å². The molecule has 32 heavy (non-hydrogen) atoms. The summed E-state index contributed by atoms with van der Waals surface area (Å²) in [5.74, 6) is 1.79. The zero-order valence-corrected chi connectivity index (χ0v) is 18.5. The van der Waals surface area contributed by atoms with E-state index in [2.05, 4.69) is 9.88 Å². The standard InChI is InChI=1S/C25H24ClN3O3/c1-31-22-13-6-2-9-18(22)25(30)27-17-24-28-20-11-4-5-12-21(20)29(24)15-8-16-32-23-14-7-3-10-19(23)26/h2-7,9-14H,8,15-17H2,1H3,(H,27,30). The highest BCUT2D eigenvalue weighted by Crippen LogP contribution is 2.23. The molecule has 1 aromatic heterocycles. The molecule has 0 aliphatic heterocycles. The molecule has 7 heteroatoms. The highest BCUT2D eigenvalue weighted by Gasteiger charge is 2.15. The van der Waals surface area contributed by atoms with Crippen LogP contribution in [0.15, 0.2) is 72.8 Å². The molecule has 164 valence electrons. The average Bonchev–Trinajstić information content (AvgIpc) is 3.18. The van der Waals surface area contributed by atoms with Crippen LogP contribution >= 0.6 is 11.6 Å². The van der Waals surface area contributed by atoms with Crippen molar-refractivity contribution in [3.05, 3.63) is 89.2 Å². The Bertz CT molecular complexity index is 1220. The lowest BCUT2D eigenvalue weighted by molar-refractivity contribution is 0.0946. The van der Waals surface area contributed by atoms with Crippen LogP contribution in [0.25, 0.3) is 11.0 Å². The molecule has 0 aliphatic rings. The van der Waals surface area contributed by atoms with Crippen molar-refractivity contribution in [1.82, 2.24) is 14.9 Å². The predicted molar refractivity (Wildman–Crippen MR) is 125 cm³/mol. The number of nitrogens with zero attached hydrogens (tertiary/aromatic N) is 2. The topological polar surface area (TPSA) is 65.4 Å². The highest BCUT2D eigenvalue weighted by molar-refractivity contribution is 6.32. The molecule has 0 bridgehead atoms. The molecule has 1 amide bonds. The summed E-state index contributed by atoms with van der Waals surface area (Å²) in [6, 6.07) is 22.5. The van der Waals surface area contributed by atoms with Gasteiger partial charge in [0.05, 0.1) is 41.9 Å². The van der Waals surface area contributed by atoms with Crippen LogP contribution in [0.3, 0.4) is 0 Å². The molecule has 3 aromatic carbocycles. The third-order valence-electron chi connectivity index (χ3n) is 5.11. The average molecular weight is 450 g/mol. The molecule has 0 saturated heterocycles. The van der Waals surface area contributed by atoms with Crippen molar-refractivity contribution in [3.63, 3.8) is 0 Å². The number of para-hydroxylation sites is 4. The Kier molecular flexibility index (Phi) is 6.92. The molecule has 0 fully saturated rings. The number of carbonyl (C=O) groups excluding carboxylic acids is 1. The van der Waals surface area contributed by atoms with Gasteiger partial charge in [-0.05, 0) is 42.8 Å². The van der Waals surface area contributed by atoms with Gasteiger partial charge in [-0.1, -0.05) is 48.0 Å². The lowest BCUT2D eigenvalue weighted by Gasteiger charge is -2.12. The monoisotopic (exact) mass is 449 g/mol. The predicted octanol–water partition coefficient (Wildman–Crippen LogP) is 5.10. The third-order valence-corrected chi connectivity index (χ3v) is 5.42. The fraction of sp³-hybridized carbons (Fsp3) is 0.200. The minimum atomic E-state index is -0.205. The van der Waals surface area contributed by atoms with E-state index in [1.807, 2.05) is 60.7 Å². The van der Waals surface area contributed by atoms with E-state index in [9.17, 15) is 4.79 Å². The van der Waals surface area contributed by atoms with Crippen molar-refractivity contribution >= 4 is 28.5 Å². The number of benzene rings is 3. The summed E-state index contributed by atoms with van der Waals surface area (Å²) in [7, 11) is 1.55. The maximum Gasteiger partial charge on any atom is 0.255 e. The molecular formula is C25H24ClN3O3. The van der Waals surface area contributed by atoms with E-state index in [0.717, 1.165) is 23.3 Å². The van der Waals surface area contributed by atoms with Gasteiger partial charge < -0.3 is 19.4 Å². The number of methoxy groups -OCH3 is 1. The molecule has 0 spiro atoms. The van der Waals surface area contributed by atoms with Crippen LogP contribution in [0.5, 0.6) is 11.5 Å². The number of imidazole rings is 1. The van der Waals surface area contributed by atoms with E-state index in [4.69, 9.17) is 26.1 Å². The van der Waals surface area contributed by atoms with E-state index in [-0.39, 0.29) is 5.91 Å². The van der Waals surface area contributed by atoms with Gasteiger partial charge in [-0.15, -0.1) is 0 Å². The minimum absolute atomic E-state index is 0.205. The summed E-state index contributed by atoms with van der Waals surface area (Å²) in [4.78, 5) is 17.4. The number of fused-ring (bicyclic) bond motifs is 1. The van der Waals surface area contributed by atoms with Gasteiger partial charge >= 0.3 is 0 Å². The summed E-state index contributed by atoms with van der Waals surface area (Å²) in [5.41, 5.74) is 2.40. The van der Waals surface area contributed by atoms with Gasteiger partial charge in [0.15, 0.2) is 0 Å². The van der Waals surface area contributed by atoms with Crippen molar-refractivity contribution in [2.75, 3.05) is 13.7 Å². The molecule has 0 unspecified atom stereocenters. The maximum absolute atomic E-state index is 12.7. The Morgan fingerprint density at radius 3 is 2.53 bits per heavy atom. The second-order valence-electron chi connectivity index (χ2n) is 7.18. The second-order valence-corrected chi connectivity index (χ2v) is 7.59. The van der Waals surface area contributed by atoms with Gasteiger partial charge in [0, 0.05) is 6.54 Å². The Labute approximate surface area is 191 Å². The van der Waals surface area contributed by atoms with E-state index in [0.29, 0.717) is 41.8 Å². The van der Waals surface area contributed by atoms with Gasteiger partial charge in [-0.25, -0.2) is 4.98 Å². The van der Waals surface area contributed by atoms with Crippen LogP contribution in [0.2, 0.25) is 5.02 Å². The first-order valence-corrected chi connectivity index (χ1v) is 10.8. The number of amides is 1. The van der Waals surface area contributed by atoms with Gasteiger partial charge in [0.25, 0.3) is 5.91 Å². The van der Waals surface area contributed by atoms with E-state index >= 15 is 0 Å². The molecule has 0 saturated carbocycles. The number of aromatic nitrogens is 2. The minimum Gasteiger partial charge on any atom is -0.496 e. The number of halogens is 1. The summed E-state index contributed by atoms with van der Waals surface area (Å²) in [6.07, 6.45) is 0.763. The first-order valence-electron chi connectivity index (χ1n) is 10.4. The molecule has 0 atom stereocenters. The lowest BCUT2D eigenvalue weighted by Crippen LogP contribution is -2.25. The largest absolute Gasteiger partial charge is 0.496 e. The van der Waals surface area contributed by atoms with E-state index in [1.165, 1.54) is 0 Å². The van der Waals surface area contributed by atoms with Crippen LogP contribution in [-0.4, -0.2) is 29.2 Å². The summed E-state index contributed by atoms with van der Waals surface area (Å²) in [6.45, 7) is 1.52. The smallest absolute Gasteiger partial charge is 0.255 e. The number of nitrogens with one attached hydrogen (secondary N) is 1. The first-order chi connectivity index (χ1) is 15.7. The number of rotatable bonds is 9. The van der Waals surface area contributed by atoms with Crippen molar-refractivity contribution in [3.8, 4) is 11.5 Å². The Morgan fingerprint density at radius 2 is 1.72 bits per heavy atom. The maximum atomic E-state index is 12.7. The van der Waals surface area contributed by atoms with Crippen molar-refractivity contribution < 1.29 is 14.3 Å². The molecule has 0 aliphatic carbocycles. The number of aryl methyl sites for hydroxylation is 1. The number of carbonyl (C=O) groups is 1. The summed E-state index contributed by atoms with van der Waals surface area (Å²) in [5, 5.41) is 3.56. The molecular weight excluding hydrogens is 426 g/mol. The quantitative estimate of drug-likeness (QED) is 0.361. The fourth-order valence-electron chi connectivity index (χ4n) is 3.56. The highest BCUT2D eigenvalue weighted by atomic mass is 35.5. The van der Waals surface area contributed by atoms with Gasteiger partial charge in [-0.3, -0.25) is 4.79 Å². The fourth-order valence-corrected chi connectivity index (χ4v) is 3.75. The zero-order valence-electron chi connectivity index (χ0n) is 17.8. The number of hydrogen-bond acceptors (Lipinski definition) is 4. The van der Waals surface area contributed by atoms with Crippen LogP contribution in [0.1, 0.15) is 22.6 Å². The first kappa shape index (κ1) is 21.7. The molecule has 6 nitrogen and oxygen atoms in total. The molecule has 4 rings (SSSR count). The number of ether oxygens (including phenoxy) is 2. The van der Waals surface area contributed by atoms with Crippen molar-refractivity contribution in [2.24, 2.45) is 0 Å². The Balaban J connectivity index is 1.45. The molecule has 1 N–H and O–H groups in total. The van der Waals surface area contributed by atoms with Crippen LogP contribution in [0.4, 0.5) is 0 Å². The summed E-state index contributed by atoms with van der Waals surface area (Å²) < 4.78 is 13.2. The number of hydrogen-bond donors (Lipinski definition) is 1. The molecule has 4 aromatic rings. The van der Waals surface area contributed by atoms with Gasteiger partial charge in [-0.2, -0.15) is 0 Å². The van der Waals surface area contributed by atoms with Crippen molar-refractivity contribution in [1.29, 1.82) is 0 Å².